The predicted molar refractivity (Wildman–Crippen MR) is 88.9 cm³/mol. The topological polar surface area (TPSA) is 47.6 Å². The van der Waals surface area contributed by atoms with E-state index in [0.717, 1.165) is 11.3 Å². The number of benzene rings is 2. The number of nitrogens with one attached hydrogen (secondary N) is 1. The van der Waals surface area contributed by atoms with Crippen molar-refractivity contribution >= 4 is 17.5 Å². The molecule has 0 bridgehead atoms. The van der Waals surface area contributed by atoms with Gasteiger partial charge in [-0.2, -0.15) is 0 Å². The summed E-state index contributed by atoms with van der Waals surface area (Å²) >= 11 is 0. The van der Waals surface area contributed by atoms with Crippen LogP contribution in [0.1, 0.15) is 15.9 Å². The van der Waals surface area contributed by atoms with E-state index in [1.165, 1.54) is 0 Å². The first-order valence-electron chi connectivity index (χ1n) is 6.90. The van der Waals surface area contributed by atoms with Gasteiger partial charge in [-0.15, -0.1) is 0 Å². The summed E-state index contributed by atoms with van der Waals surface area (Å²) in [5, 5.41) is 3.02. The minimum absolute atomic E-state index is 0.0551. The van der Waals surface area contributed by atoms with Gasteiger partial charge in [-0.1, -0.05) is 0 Å². The van der Waals surface area contributed by atoms with Gasteiger partial charge in [-0.05, 0) is 48.6 Å². The molecule has 0 radical (unpaired) electrons. The smallest absolute Gasteiger partial charge is 0.185 e. The maximum atomic E-state index is 12.2. The first kappa shape index (κ1) is 15.6. The van der Waals surface area contributed by atoms with Gasteiger partial charge in [-0.25, -0.2) is 0 Å². The summed E-state index contributed by atoms with van der Waals surface area (Å²) < 4.78 is 10.5. The van der Waals surface area contributed by atoms with Crippen LogP contribution in [0.25, 0.3) is 6.08 Å². The Morgan fingerprint density at radius 3 is 2.36 bits per heavy atom. The van der Waals surface area contributed by atoms with Gasteiger partial charge < -0.3 is 14.8 Å². The Morgan fingerprint density at radius 2 is 1.77 bits per heavy atom. The third-order valence-corrected chi connectivity index (χ3v) is 3.31. The van der Waals surface area contributed by atoms with Crippen LogP contribution in [0.15, 0.2) is 48.5 Å². The fourth-order valence-corrected chi connectivity index (χ4v) is 2.02. The maximum absolute atomic E-state index is 12.2. The third-order valence-electron chi connectivity index (χ3n) is 3.31. The Bertz CT molecular complexity index is 675. The molecule has 0 saturated heterocycles. The number of methoxy groups -OCH3 is 2. The van der Waals surface area contributed by atoms with Crippen molar-refractivity contribution < 1.29 is 14.3 Å². The van der Waals surface area contributed by atoms with Crippen molar-refractivity contribution in [2.75, 3.05) is 26.6 Å². The number of hydrogen-bond acceptors (Lipinski definition) is 4. The Balaban J connectivity index is 2.18. The lowest BCUT2D eigenvalue weighted by Crippen LogP contribution is -1.95. The average molecular weight is 297 g/mol. The van der Waals surface area contributed by atoms with Gasteiger partial charge in [0.25, 0.3) is 0 Å². The van der Waals surface area contributed by atoms with Crippen LogP contribution in [-0.4, -0.2) is 27.1 Å². The molecule has 2 aromatic rings. The molecule has 0 unspecified atom stereocenters. The second-order valence-electron chi connectivity index (χ2n) is 4.63. The molecular weight excluding hydrogens is 278 g/mol. The lowest BCUT2D eigenvalue weighted by molar-refractivity contribution is 0.104. The second-order valence-corrected chi connectivity index (χ2v) is 4.63. The number of ether oxygens (including phenoxy) is 2. The lowest BCUT2D eigenvalue weighted by Gasteiger charge is -2.07. The van der Waals surface area contributed by atoms with E-state index in [4.69, 9.17) is 9.47 Å². The van der Waals surface area contributed by atoms with Crippen molar-refractivity contribution in [3.8, 4) is 11.5 Å². The minimum Gasteiger partial charge on any atom is -0.497 e. The van der Waals surface area contributed by atoms with Crippen LogP contribution in [-0.2, 0) is 0 Å². The zero-order valence-corrected chi connectivity index (χ0v) is 12.9. The molecule has 1 N–H and O–H groups in total. The summed E-state index contributed by atoms with van der Waals surface area (Å²) in [4.78, 5) is 12.2. The van der Waals surface area contributed by atoms with Crippen LogP contribution in [0.5, 0.6) is 11.5 Å². The number of allylic oxidation sites excluding steroid dienone is 1. The predicted octanol–water partition coefficient (Wildman–Crippen LogP) is 3.64. The molecule has 2 aromatic carbocycles. The highest BCUT2D eigenvalue weighted by atomic mass is 16.5. The van der Waals surface area contributed by atoms with E-state index in [2.05, 4.69) is 5.32 Å². The van der Waals surface area contributed by atoms with E-state index in [1.54, 1.807) is 44.6 Å². The Hall–Kier alpha value is -2.75. The minimum atomic E-state index is -0.0551. The number of rotatable bonds is 6. The molecule has 0 amide bonds. The number of carbonyl (C=O) groups excluding carboxylic acids is 1. The van der Waals surface area contributed by atoms with Gasteiger partial charge in [0.2, 0.25) is 0 Å². The standard InChI is InChI=1S/C18H19NO3/c1-19-15-8-4-13(5-9-15)17(20)11-7-14-6-10-16(21-2)12-18(14)22-3/h4-12,19H,1-3H3/b11-7+. The summed E-state index contributed by atoms with van der Waals surface area (Å²) in [7, 11) is 5.03. The number of anilines is 1. The highest BCUT2D eigenvalue weighted by molar-refractivity contribution is 6.07. The summed E-state index contributed by atoms with van der Waals surface area (Å²) in [6, 6.07) is 12.8. The monoisotopic (exact) mass is 297 g/mol. The number of hydrogen-bond donors (Lipinski definition) is 1. The van der Waals surface area contributed by atoms with Crippen LogP contribution in [0, 0.1) is 0 Å². The van der Waals surface area contributed by atoms with Crippen molar-refractivity contribution in [3.63, 3.8) is 0 Å². The molecule has 0 saturated carbocycles. The van der Waals surface area contributed by atoms with Crippen molar-refractivity contribution in [1.82, 2.24) is 0 Å². The normalized spacial score (nSPS) is 10.5. The molecule has 0 spiro atoms. The molecular formula is C18H19NO3. The van der Waals surface area contributed by atoms with E-state index in [0.29, 0.717) is 17.1 Å². The SMILES string of the molecule is CNc1ccc(C(=O)/C=C/c2ccc(OC)cc2OC)cc1. The largest absolute Gasteiger partial charge is 0.497 e. The van der Waals surface area contributed by atoms with Crippen LogP contribution in [0.2, 0.25) is 0 Å². The van der Waals surface area contributed by atoms with Gasteiger partial charge >= 0.3 is 0 Å². The molecule has 0 aliphatic carbocycles. The van der Waals surface area contributed by atoms with Crippen molar-refractivity contribution in [1.29, 1.82) is 0 Å². The zero-order valence-electron chi connectivity index (χ0n) is 12.9. The lowest BCUT2D eigenvalue weighted by atomic mass is 10.1. The van der Waals surface area contributed by atoms with Crippen LogP contribution in [0.3, 0.4) is 0 Å². The van der Waals surface area contributed by atoms with Crippen LogP contribution >= 0.6 is 0 Å². The van der Waals surface area contributed by atoms with Gasteiger partial charge in [0, 0.05) is 29.9 Å². The summed E-state index contributed by atoms with van der Waals surface area (Å²) in [6.45, 7) is 0. The molecule has 0 aliphatic rings. The molecule has 0 aliphatic heterocycles. The molecule has 114 valence electrons. The molecule has 0 atom stereocenters. The van der Waals surface area contributed by atoms with E-state index in [9.17, 15) is 4.79 Å². The van der Waals surface area contributed by atoms with E-state index < -0.39 is 0 Å². The molecule has 0 fully saturated rings. The highest BCUT2D eigenvalue weighted by Crippen LogP contribution is 2.25. The molecule has 4 nitrogen and oxygen atoms in total. The summed E-state index contributed by atoms with van der Waals surface area (Å²) in [5.74, 6) is 1.32. The Labute approximate surface area is 130 Å². The fraction of sp³-hybridized carbons (Fsp3) is 0.167. The zero-order chi connectivity index (χ0) is 15.9. The molecule has 0 aromatic heterocycles. The Kier molecular flexibility index (Phi) is 5.20. The highest BCUT2D eigenvalue weighted by Gasteiger charge is 2.05. The van der Waals surface area contributed by atoms with Crippen molar-refractivity contribution in [2.45, 2.75) is 0 Å². The number of ketones is 1. The fourth-order valence-electron chi connectivity index (χ4n) is 2.02. The van der Waals surface area contributed by atoms with Gasteiger partial charge in [0.05, 0.1) is 14.2 Å². The molecule has 0 heterocycles. The molecule has 4 heteroatoms. The number of carbonyl (C=O) groups is 1. The Morgan fingerprint density at radius 1 is 1.05 bits per heavy atom. The first-order chi connectivity index (χ1) is 10.7. The van der Waals surface area contributed by atoms with Gasteiger partial charge in [0.1, 0.15) is 11.5 Å². The third kappa shape index (κ3) is 3.67. The molecule has 22 heavy (non-hydrogen) atoms. The summed E-state index contributed by atoms with van der Waals surface area (Å²) in [6.07, 6.45) is 3.28. The van der Waals surface area contributed by atoms with Crippen molar-refractivity contribution in [2.24, 2.45) is 0 Å². The second kappa shape index (κ2) is 7.31. The maximum Gasteiger partial charge on any atom is 0.185 e. The van der Waals surface area contributed by atoms with E-state index in [1.807, 2.05) is 31.3 Å². The van der Waals surface area contributed by atoms with E-state index in [-0.39, 0.29) is 5.78 Å². The van der Waals surface area contributed by atoms with Crippen molar-refractivity contribution in [3.05, 3.63) is 59.7 Å². The van der Waals surface area contributed by atoms with Crippen LogP contribution in [0.4, 0.5) is 5.69 Å². The van der Waals surface area contributed by atoms with Crippen LogP contribution < -0.4 is 14.8 Å². The first-order valence-corrected chi connectivity index (χ1v) is 6.90. The average Bonchev–Trinajstić information content (AvgIpc) is 2.59. The van der Waals surface area contributed by atoms with Gasteiger partial charge in [-0.3, -0.25) is 4.79 Å². The molecule has 2 rings (SSSR count). The quantitative estimate of drug-likeness (QED) is 0.653. The summed E-state index contributed by atoms with van der Waals surface area (Å²) in [5.41, 5.74) is 2.43. The van der Waals surface area contributed by atoms with E-state index >= 15 is 0 Å². The van der Waals surface area contributed by atoms with Gasteiger partial charge in [0.15, 0.2) is 5.78 Å².